The van der Waals surface area contributed by atoms with Crippen molar-refractivity contribution in [1.29, 1.82) is 0 Å². The Balaban J connectivity index is 1.49. The van der Waals surface area contributed by atoms with E-state index in [1.807, 2.05) is 43.5 Å². The van der Waals surface area contributed by atoms with E-state index in [9.17, 15) is 4.79 Å². The largest absolute Gasteiger partial charge is 0.348 e. The Hall–Kier alpha value is -2.67. The van der Waals surface area contributed by atoms with E-state index < -0.39 is 0 Å². The van der Waals surface area contributed by atoms with Gasteiger partial charge in [0.25, 0.3) is 0 Å². The predicted molar refractivity (Wildman–Crippen MR) is 119 cm³/mol. The first-order valence-electron chi connectivity index (χ1n) is 10.5. The molecule has 1 amide bonds. The van der Waals surface area contributed by atoms with Crippen LogP contribution in [0.3, 0.4) is 0 Å². The van der Waals surface area contributed by atoms with Crippen LogP contribution in [0.2, 0.25) is 0 Å². The van der Waals surface area contributed by atoms with Crippen molar-refractivity contribution in [1.82, 2.24) is 25.1 Å². The zero-order chi connectivity index (χ0) is 20.9. The lowest BCUT2D eigenvalue weighted by Gasteiger charge is -2.21. The molecular weight excluding hydrogens is 394 g/mol. The van der Waals surface area contributed by atoms with Crippen molar-refractivity contribution in [3.63, 3.8) is 0 Å². The number of hydrogen-bond acceptors (Lipinski definition) is 5. The van der Waals surface area contributed by atoms with Gasteiger partial charge in [0.15, 0.2) is 11.0 Å². The molecule has 0 radical (unpaired) electrons. The van der Waals surface area contributed by atoms with Crippen LogP contribution in [0, 0.1) is 0 Å². The number of rotatable bonds is 9. The third-order valence-electron chi connectivity index (χ3n) is 5.24. The van der Waals surface area contributed by atoms with Crippen LogP contribution in [0.5, 0.6) is 0 Å². The predicted octanol–water partition coefficient (Wildman–Crippen LogP) is 4.81. The van der Waals surface area contributed by atoms with Crippen LogP contribution in [-0.4, -0.2) is 30.9 Å². The second-order valence-electron chi connectivity index (χ2n) is 7.67. The van der Waals surface area contributed by atoms with Gasteiger partial charge in [-0.3, -0.25) is 14.3 Å². The molecule has 2 atom stereocenters. The molecule has 6 nitrogen and oxygen atoms in total. The van der Waals surface area contributed by atoms with Gasteiger partial charge in [-0.15, -0.1) is 10.2 Å². The number of nitrogens with zero attached hydrogens (tertiary/aromatic N) is 4. The van der Waals surface area contributed by atoms with E-state index in [1.165, 1.54) is 11.8 Å². The zero-order valence-electron chi connectivity index (χ0n) is 17.4. The Kier molecular flexibility index (Phi) is 6.47. The van der Waals surface area contributed by atoms with E-state index in [2.05, 4.69) is 44.1 Å². The molecule has 1 aromatic carbocycles. The molecule has 156 valence electrons. The lowest BCUT2D eigenvalue weighted by atomic mass is 10.0. The van der Waals surface area contributed by atoms with E-state index in [4.69, 9.17) is 0 Å². The van der Waals surface area contributed by atoms with E-state index in [-0.39, 0.29) is 17.2 Å². The van der Waals surface area contributed by atoms with E-state index >= 15 is 0 Å². The fourth-order valence-electron chi connectivity index (χ4n) is 3.51. The average molecular weight is 422 g/mol. The van der Waals surface area contributed by atoms with Crippen LogP contribution in [0.1, 0.15) is 57.2 Å². The number of amides is 1. The number of aromatic nitrogens is 4. The Bertz CT molecular complexity index is 972. The van der Waals surface area contributed by atoms with Gasteiger partial charge in [-0.05, 0) is 43.9 Å². The maximum Gasteiger partial charge on any atom is 0.233 e. The highest BCUT2D eigenvalue weighted by molar-refractivity contribution is 8.00. The molecule has 2 heterocycles. The second kappa shape index (κ2) is 9.43. The Morgan fingerprint density at radius 3 is 2.67 bits per heavy atom. The van der Waals surface area contributed by atoms with Crippen LogP contribution < -0.4 is 5.32 Å². The van der Waals surface area contributed by atoms with Crippen molar-refractivity contribution >= 4 is 17.7 Å². The number of thioether (sulfide) groups is 1. The van der Waals surface area contributed by atoms with Crippen molar-refractivity contribution < 1.29 is 4.79 Å². The van der Waals surface area contributed by atoms with Gasteiger partial charge in [0.05, 0.1) is 11.3 Å². The lowest BCUT2D eigenvalue weighted by Crippen LogP contribution is -2.34. The number of hydrogen-bond donors (Lipinski definition) is 1. The molecule has 1 fully saturated rings. The Morgan fingerprint density at radius 2 is 2.00 bits per heavy atom. The molecule has 1 N–H and O–H groups in total. The highest BCUT2D eigenvalue weighted by Gasteiger charge is 2.31. The van der Waals surface area contributed by atoms with Crippen LogP contribution in [0.25, 0.3) is 11.4 Å². The summed E-state index contributed by atoms with van der Waals surface area (Å²) in [5, 5.41) is 12.6. The summed E-state index contributed by atoms with van der Waals surface area (Å²) < 4.78 is 2.17. The quantitative estimate of drug-likeness (QED) is 0.502. The van der Waals surface area contributed by atoms with E-state index in [1.54, 1.807) is 6.20 Å². The number of benzene rings is 1. The maximum absolute atomic E-state index is 13.0. The summed E-state index contributed by atoms with van der Waals surface area (Å²) in [5.74, 6) is 0.851. The summed E-state index contributed by atoms with van der Waals surface area (Å²) in [6, 6.07) is 14.5. The number of carbonyl (C=O) groups excluding carboxylic acids is 1. The maximum atomic E-state index is 13.0. The van der Waals surface area contributed by atoms with Crippen LogP contribution >= 0.6 is 11.8 Å². The van der Waals surface area contributed by atoms with Gasteiger partial charge in [0.1, 0.15) is 0 Å². The SMILES string of the molecule is CCC[C@@H](NC(=O)[C@@H](C)Sc1nnc(-c2cccnc2)n1C1CC1)c1ccccc1. The molecule has 1 aliphatic rings. The van der Waals surface area contributed by atoms with E-state index in [0.29, 0.717) is 6.04 Å². The van der Waals surface area contributed by atoms with Crippen molar-refractivity contribution in [3.8, 4) is 11.4 Å². The molecular formula is C23H27N5OS. The summed E-state index contributed by atoms with van der Waals surface area (Å²) in [6.07, 6.45) is 7.71. The summed E-state index contributed by atoms with van der Waals surface area (Å²) in [6.45, 7) is 4.07. The third kappa shape index (κ3) is 4.73. The van der Waals surface area contributed by atoms with E-state index in [0.717, 1.165) is 47.8 Å². The highest BCUT2D eigenvalue weighted by Crippen LogP contribution is 2.41. The zero-order valence-corrected chi connectivity index (χ0v) is 18.2. The molecule has 3 aromatic rings. The first kappa shape index (κ1) is 20.6. The molecule has 1 aliphatic carbocycles. The van der Waals surface area contributed by atoms with Gasteiger partial charge in [-0.1, -0.05) is 55.4 Å². The molecule has 7 heteroatoms. The monoisotopic (exact) mass is 421 g/mol. The lowest BCUT2D eigenvalue weighted by molar-refractivity contribution is -0.121. The van der Waals surface area contributed by atoms with Gasteiger partial charge in [0, 0.05) is 24.0 Å². The number of pyridine rings is 1. The molecule has 2 aromatic heterocycles. The number of carbonyl (C=O) groups is 1. The fourth-order valence-corrected chi connectivity index (χ4v) is 4.44. The molecule has 30 heavy (non-hydrogen) atoms. The molecule has 4 rings (SSSR count). The van der Waals surface area contributed by atoms with Crippen molar-refractivity contribution in [2.45, 2.75) is 62.0 Å². The topological polar surface area (TPSA) is 72.7 Å². The average Bonchev–Trinajstić information content (AvgIpc) is 3.54. The molecule has 0 bridgehead atoms. The smallest absolute Gasteiger partial charge is 0.233 e. The summed E-state index contributed by atoms with van der Waals surface area (Å²) >= 11 is 1.47. The summed E-state index contributed by atoms with van der Waals surface area (Å²) in [7, 11) is 0. The van der Waals surface area contributed by atoms with Crippen LogP contribution in [0.4, 0.5) is 0 Å². The normalized spacial score (nSPS) is 15.5. The molecule has 0 unspecified atom stereocenters. The first-order valence-corrected chi connectivity index (χ1v) is 11.4. The molecule has 1 saturated carbocycles. The second-order valence-corrected chi connectivity index (χ2v) is 8.98. The van der Waals surface area contributed by atoms with Gasteiger partial charge >= 0.3 is 0 Å². The fraction of sp³-hybridized carbons (Fsp3) is 0.391. The van der Waals surface area contributed by atoms with Crippen molar-refractivity contribution in [3.05, 3.63) is 60.4 Å². The van der Waals surface area contributed by atoms with Gasteiger partial charge in [0.2, 0.25) is 5.91 Å². The molecule has 0 spiro atoms. The highest BCUT2D eigenvalue weighted by atomic mass is 32.2. The van der Waals surface area contributed by atoms with Crippen molar-refractivity contribution in [2.24, 2.45) is 0 Å². The van der Waals surface area contributed by atoms with Gasteiger partial charge < -0.3 is 5.32 Å². The Labute approximate surface area is 181 Å². The summed E-state index contributed by atoms with van der Waals surface area (Å²) in [4.78, 5) is 17.2. The van der Waals surface area contributed by atoms with Crippen LogP contribution in [-0.2, 0) is 4.79 Å². The first-order chi connectivity index (χ1) is 14.7. The minimum atomic E-state index is -0.267. The van der Waals surface area contributed by atoms with Gasteiger partial charge in [-0.2, -0.15) is 0 Å². The van der Waals surface area contributed by atoms with Crippen LogP contribution in [0.15, 0.2) is 60.0 Å². The summed E-state index contributed by atoms with van der Waals surface area (Å²) in [5.41, 5.74) is 2.10. The third-order valence-corrected chi connectivity index (χ3v) is 6.30. The number of nitrogens with one attached hydrogen (secondary N) is 1. The Morgan fingerprint density at radius 1 is 1.20 bits per heavy atom. The minimum Gasteiger partial charge on any atom is -0.348 e. The van der Waals surface area contributed by atoms with Gasteiger partial charge in [-0.25, -0.2) is 0 Å². The molecule has 0 saturated heterocycles. The minimum absolute atomic E-state index is 0.0237. The van der Waals surface area contributed by atoms with Crippen molar-refractivity contribution in [2.75, 3.05) is 0 Å². The molecule has 0 aliphatic heterocycles. The standard InChI is InChI=1S/C23H27N5OS/c1-3-8-20(17-9-5-4-6-10-17)25-22(29)16(2)30-23-27-26-21(28(23)19-12-13-19)18-11-7-14-24-15-18/h4-7,9-11,14-16,19-20H,3,8,12-13H2,1-2H3,(H,25,29)/t16-,20-/m1/s1.